The van der Waals surface area contributed by atoms with Crippen LogP contribution in [0.25, 0.3) is 0 Å². The number of ketones is 1. The summed E-state index contributed by atoms with van der Waals surface area (Å²) in [5.41, 5.74) is 1.53. The quantitative estimate of drug-likeness (QED) is 0.805. The summed E-state index contributed by atoms with van der Waals surface area (Å²) in [5.74, 6) is 0.441. The number of hydrogen-bond donors (Lipinski definition) is 0. The second kappa shape index (κ2) is 7.78. The minimum Gasteiger partial charge on any atom is -0.381 e. The highest BCUT2D eigenvalue weighted by molar-refractivity contribution is 5.84. The molecule has 0 bridgehead atoms. The maximum absolute atomic E-state index is 13.0. The third-order valence-electron chi connectivity index (χ3n) is 4.83. The van der Waals surface area contributed by atoms with E-state index in [1.807, 2.05) is 32.3 Å². The van der Waals surface area contributed by atoms with Gasteiger partial charge in [-0.3, -0.25) is 14.3 Å². The Morgan fingerprint density at radius 1 is 1.32 bits per heavy atom. The lowest BCUT2D eigenvalue weighted by Crippen LogP contribution is -2.33. The normalized spacial score (nSPS) is 16.7. The number of aryl methyl sites for hydroxylation is 2. The lowest BCUT2D eigenvalue weighted by Gasteiger charge is -2.27. The van der Waals surface area contributed by atoms with E-state index >= 15 is 0 Å². The number of rotatable bonds is 6. The first-order valence-corrected chi connectivity index (χ1v) is 8.80. The molecule has 1 aliphatic heterocycles. The fraction of sp³-hybridized carbons (Fsp3) is 0.526. The predicted octanol–water partition coefficient (Wildman–Crippen LogP) is 2.06. The Hall–Kier alpha value is -2.21. The zero-order chi connectivity index (χ0) is 17.8. The molecule has 0 aromatic carbocycles. The molecular formula is C19H25N3O3. The van der Waals surface area contributed by atoms with E-state index in [1.165, 1.54) is 0 Å². The van der Waals surface area contributed by atoms with Crippen LogP contribution in [0.4, 0.5) is 0 Å². The van der Waals surface area contributed by atoms with Crippen molar-refractivity contribution >= 4 is 5.78 Å². The van der Waals surface area contributed by atoms with Gasteiger partial charge in [-0.15, -0.1) is 0 Å². The van der Waals surface area contributed by atoms with Gasteiger partial charge in [0.2, 0.25) is 0 Å². The SMILES string of the molecule is Cc1ccn([C@@H](CC2CCOCC2)C(=O)Cc2ccn(C)n2)c(=O)c1. The molecule has 6 heteroatoms. The van der Waals surface area contributed by atoms with E-state index in [0.29, 0.717) is 12.3 Å². The van der Waals surface area contributed by atoms with Crippen molar-refractivity contribution in [3.63, 3.8) is 0 Å². The molecule has 134 valence electrons. The number of nitrogens with zero attached hydrogens (tertiary/aromatic N) is 3. The molecule has 25 heavy (non-hydrogen) atoms. The van der Waals surface area contributed by atoms with Gasteiger partial charge in [0, 0.05) is 38.7 Å². The van der Waals surface area contributed by atoms with Crippen molar-refractivity contribution in [2.45, 2.75) is 38.6 Å². The Morgan fingerprint density at radius 3 is 2.72 bits per heavy atom. The molecule has 3 heterocycles. The topological polar surface area (TPSA) is 66.1 Å². The predicted molar refractivity (Wildman–Crippen MR) is 94.6 cm³/mol. The summed E-state index contributed by atoms with van der Waals surface area (Å²) in [6.07, 6.45) is 6.38. The summed E-state index contributed by atoms with van der Waals surface area (Å²) >= 11 is 0. The molecule has 0 saturated carbocycles. The summed E-state index contributed by atoms with van der Waals surface area (Å²) in [6, 6.07) is 4.87. The molecule has 6 nitrogen and oxygen atoms in total. The highest BCUT2D eigenvalue weighted by Gasteiger charge is 2.27. The van der Waals surface area contributed by atoms with Gasteiger partial charge in [-0.25, -0.2) is 0 Å². The average molecular weight is 343 g/mol. The van der Waals surface area contributed by atoms with E-state index in [0.717, 1.165) is 37.3 Å². The first-order valence-electron chi connectivity index (χ1n) is 8.80. The smallest absolute Gasteiger partial charge is 0.251 e. The number of Topliss-reactive ketones (excluding diaryl/α,β-unsaturated/α-hetero) is 1. The van der Waals surface area contributed by atoms with Crippen LogP contribution in [-0.2, 0) is 23.0 Å². The lowest BCUT2D eigenvalue weighted by molar-refractivity contribution is -0.122. The van der Waals surface area contributed by atoms with Crippen molar-refractivity contribution in [3.8, 4) is 0 Å². The number of hydrogen-bond acceptors (Lipinski definition) is 4. The molecule has 2 aromatic rings. The summed E-state index contributed by atoms with van der Waals surface area (Å²) in [4.78, 5) is 25.4. The number of aromatic nitrogens is 3. The van der Waals surface area contributed by atoms with Crippen molar-refractivity contribution in [2.24, 2.45) is 13.0 Å². The molecule has 2 aromatic heterocycles. The first kappa shape index (κ1) is 17.6. The maximum atomic E-state index is 13.0. The molecule has 0 spiro atoms. The molecule has 0 unspecified atom stereocenters. The third-order valence-corrected chi connectivity index (χ3v) is 4.83. The zero-order valence-corrected chi connectivity index (χ0v) is 14.9. The minimum atomic E-state index is -0.446. The van der Waals surface area contributed by atoms with Gasteiger partial charge in [0.1, 0.15) is 0 Å². The van der Waals surface area contributed by atoms with Crippen LogP contribution in [0.15, 0.2) is 35.4 Å². The molecule has 0 aliphatic carbocycles. The lowest BCUT2D eigenvalue weighted by atomic mass is 9.89. The third kappa shape index (κ3) is 4.45. The molecule has 3 rings (SSSR count). The molecule has 0 N–H and O–H groups in total. The zero-order valence-electron chi connectivity index (χ0n) is 14.9. The van der Waals surface area contributed by atoms with Gasteiger partial charge in [0.15, 0.2) is 5.78 Å². The highest BCUT2D eigenvalue weighted by Crippen LogP contribution is 2.26. The standard InChI is InChI=1S/C19H25N3O3/c1-14-3-8-22(19(24)11-14)17(12-15-5-9-25-10-6-15)18(23)13-16-4-7-21(2)20-16/h3-4,7-8,11,15,17H,5-6,9-10,12-13H2,1-2H3/t17-/m0/s1. The Labute approximate surface area is 147 Å². The largest absolute Gasteiger partial charge is 0.381 e. The Balaban J connectivity index is 1.84. The first-order chi connectivity index (χ1) is 12.0. The van der Waals surface area contributed by atoms with E-state index in [1.54, 1.807) is 21.5 Å². The highest BCUT2D eigenvalue weighted by atomic mass is 16.5. The van der Waals surface area contributed by atoms with E-state index in [9.17, 15) is 9.59 Å². The van der Waals surface area contributed by atoms with Crippen LogP contribution in [0.5, 0.6) is 0 Å². The Morgan fingerprint density at radius 2 is 2.08 bits per heavy atom. The van der Waals surface area contributed by atoms with Gasteiger partial charge in [-0.2, -0.15) is 5.10 Å². The number of pyridine rings is 1. The van der Waals surface area contributed by atoms with E-state index < -0.39 is 6.04 Å². The van der Waals surface area contributed by atoms with Crippen LogP contribution in [0, 0.1) is 12.8 Å². The molecular weight excluding hydrogens is 318 g/mol. The van der Waals surface area contributed by atoms with Crippen LogP contribution in [0.2, 0.25) is 0 Å². The van der Waals surface area contributed by atoms with Gasteiger partial charge in [-0.05, 0) is 49.8 Å². The molecule has 1 aliphatic rings. The van der Waals surface area contributed by atoms with Crippen molar-refractivity contribution in [1.82, 2.24) is 14.3 Å². The fourth-order valence-corrected chi connectivity index (χ4v) is 3.40. The Bertz CT molecular complexity index is 787. The number of carbonyl (C=O) groups excluding carboxylic acids is 1. The van der Waals surface area contributed by atoms with Crippen molar-refractivity contribution in [2.75, 3.05) is 13.2 Å². The maximum Gasteiger partial charge on any atom is 0.251 e. The number of ether oxygens (including phenoxy) is 1. The van der Waals surface area contributed by atoms with E-state index in [2.05, 4.69) is 5.10 Å². The Kier molecular flexibility index (Phi) is 5.48. The molecule has 1 fully saturated rings. The average Bonchev–Trinajstić information content (AvgIpc) is 2.99. The van der Waals surface area contributed by atoms with Gasteiger partial charge >= 0.3 is 0 Å². The van der Waals surface area contributed by atoms with Gasteiger partial charge in [-0.1, -0.05) is 0 Å². The molecule has 0 radical (unpaired) electrons. The van der Waals surface area contributed by atoms with Gasteiger partial charge in [0.25, 0.3) is 5.56 Å². The van der Waals surface area contributed by atoms with Crippen LogP contribution in [-0.4, -0.2) is 33.3 Å². The minimum absolute atomic E-state index is 0.0381. The summed E-state index contributed by atoms with van der Waals surface area (Å²) in [5, 5.41) is 4.30. The second-order valence-corrected chi connectivity index (χ2v) is 6.88. The second-order valence-electron chi connectivity index (χ2n) is 6.88. The van der Waals surface area contributed by atoms with Crippen molar-refractivity contribution in [1.29, 1.82) is 0 Å². The summed E-state index contributed by atoms with van der Waals surface area (Å²) in [6.45, 7) is 3.35. The van der Waals surface area contributed by atoms with Crippen molar-refractivity contribution < 1.29 is 9.53 Å². The number of carbonyl (C=O) groups is 1. The van der Waals surface area contributed by atoms with Crippen LogP contribution >= 0.6 is 0 Å². The van der Waals surface area contributed by atoms with Crippen molar-refractivity contribution in [3.05, 3.63) is 52.2 Å². The fourth-order valence-electron chi connectivity index (χ4n) is 3.40. The van der Waals surface area contributed by atoms with Crippen LogP contribution in [0.3, 0.4) is 0 Å². The van der Waals surface area contributed by atoms with Crippen LogP contribution in [0.1, 0.15) is 36.6 Å². The van der Waals surface area contributed by atoms with E-state index in [-0.39, 0.29) is 17.8 Å². The molecule has 1 saturated heterocycles. The molecule has 1 atom stereocenters. The van der Waals surface area contributed by atoms with Crippen LogP contribution < -0.4 is 5.56 Å². The van der Waals surface area contributed by atoms with E-state index in [4.69, 9.17) is 4.74 Å². The summed E-state index contributed by atoms with van der Waals surface area (Å²) < 4.78 is 8.70. The molecule has 0 amide bonds. The summed E-state index contributed by atoms with van der Waals surface area (Å²) in [7, 11) is 1.83. The van der Waals surface area contributed by atoms with Gasteiger partial charge < -0.3 is 9.30 Å². The monoisotopic (exact) mass is 343 g/mol. The van der Waals surface area contributed by atoms with Gasteiger partial charge in [0.05, 0.1) is 18.2 Å².